The van der Waals surface area contributed by atoms with Gasteiger partial charge in [0.2, 0.25) is 5.91 Å². The smallest absolute Gasteiger partial charge is 0.255 e. The summed E-state index contributed by atoms with van der Waals surface area (Å²) in [5.74, 6) is 1.26. The van der Waals surface area contributed by atoms with Gasteiger partial charge in [0.15, 0.2) is 0 Å². The number of carbonyl (C=O) groups excluding carboxylic acids is 2. The summed E-state index contributed by atoms with van der Waals surface area (Å²) in [4.78, 5) is 34.0. The maximum absolute atomic E-state index is 13.3. The first-order valence-electron chi connectivity index (χ1n) is 11.6. The molecule has 1 unspecified atom stereocenters. The van der Waals surface area contributed by atoms with Crippen LogP contribution < -0.4 is 4.74 Å². The second-order valence-corrected chi connectivity index (χ2v) is 9.59. The normalized spacial score (nSPS) is 15.1. The first-order valence-corrected chi connectivity index (χ1v) is 12.6. The average molecular weight is 478 g/mol. The SMILES string of the molecule is COc1cccc(CC(C2CCN(C(=O)Cc3ccsc3)CC2)N(C)C(=O)c2cccnc2)c1. The molecule has 6 nitrogen and oxygen atoms in total. The monoisotopic (exact) mass is 477 g/mol. The molecule has 34 heavy (non-hydrogen) atoms. The molecule has 0 N–H and O–H groups in total. The second kappa shape index (κ2) is 11.3. The zero-order valence-corrected chi connectivity index (χ0v) is 20.5. The Hall–Kier alpha value is -3.19. The van der Waals surface area contributed by atoms with Crippen LogP contribution in [0.25, 0.3) is 0 Å². The molecule has 178 valence electrons. The number of likely N-dealkylation sites (N-methyl/N-ethyl adjacent to an activating group) is 1. The molecule has 1 atom stereocenters. The van der Waals surface area contributed by atoms with Crippen LogP contribution in [0.3, 0.4) is 0 Å². The number of ether oxygens (including phenoxy) is 1. The molecule has 0 aliphatic carbocycles. The maximum atomic E-state index is 13.3. The second-order valence-electron chi connectivity index (χ2n) is 8.81. The Balaban J connectivity index is 1.48. The lowest BCUT2D eigenvalue weighted by molar-refractivity contribution is -0.132. The number of nitrogens with zero attached hydrogens (tertiary/aromatic N) is 3. The van der Waals surface area contributed by atoms with Crippen LogP contribution in [0.4, 0.5) is 0 Å². The van der Waals surface area contributed by atoms with Crippen LogP contribution in [0.15, 0.2) is 65.6 Å². The number of piperidine rings is 1. The Labute approximate surface area is 205 Å². The fourth-order valence-electron chi connectivity index (χ4n) is 4.72. The first-order chi connectivity index (χ1) is 16.5. The van der Waals surface area contributed by atoms with E-state index in [1.54, 1.807) is 43.0 Å². The Morgan fingerprint density at radius 1 is 1.18 bits per heavy atom. The molecule has 7 heteroatoms. The van der Waals surface area contributed by atoms with E-state index in [-0.39, 0.29) is 17.9 Å². The highest BCUT2D eigenvalue weighted by molar-refractivity contribution is 7.08. The Morgan fingerprint density at radius 3 is 2.68 bits per heavy atom. The third-order valence-corrected chi connectivity index (χ3v) is 7.41. The summed E-state index contributed by atoms with van der Waals surface area (Å²) in [7, 11) is 3.55. The molecule has 2 aromatic heterocycles. The number of hydrogen-bond acceptors (Lipinski definition) is 5. The third kappa shape index (κ3) is 5.83. The number of amides is 2. The summed E-state index contributed by atoms with van der Waals surface area (Å²) >= 11 is 1.62. The maximum Gasteiger partial charge on any atom is 0.255 e. The van der Waals surface area contributed by atoms with Crippen molar-refractivity contribution in [3.63, 3.8) is 0 Å². The highest BCUT2D eigenvalue weighted by atomic mass is 32.1. The molecule has 1 aliphatic heterocycles. The number of pyridine rings is 1. The van der Waals surface area contributed by atoms with E-state index >= 15 is 0 Å². The first kappa shape index (κ1) is 24.0. The minimum atomic E-state index is -0.0306. The minimum absolute atomic E-state index is 0.00828. The van der Waals surface area contributed by atoms with Crippen LogP contribution in [-0.2, 0) is 17.6 Å². The van der Waals surface area contributed by atoms with Crippen LogP contribution in [0, 0.1) is 5.92 Å². The Kier molecular flexibility index (Phi) is 7.95. The molecule has 1 fully saturated rings. The zero-order valence-electron chi connectivity index (χ0n) is 19.7. The lowest BCUT2D eigenvalue weighted by atomic mass is 9.84. The van der Waals surface area contributed by atoms with Crippen molar-refractivity contribution in [3.8, 4) is 5.75 Å². The van der Waals surface area contributed by atoms with E-state index in [4.69, 9.17) is 4.74 Å². The summed E-state index contributed by atoms with van der Waals surface area (Å²) in [6.45, 7) is 1.44. The van der Waals surface area contributed by atoms with Gasteiger partial charge in [-0.3, -0.25) is 14.6 Å². The van der Waals surface area contributed by atoms with E-state index < -0.39 is 0 Å². The van der Waals surface area contributed by atoms with Gasteiger partial charge in [-0.25, -0.2) is 0 Å². The van der Waals surface area contributed by atoms with Gasteiger partial charge in [-0.15, -0.1) is 0 Å². The number of rotatable bonds is 8. The molecule has 0 saturated carbocycles. The van der Waals surface area contributed by atoms with Gasteiger partial charge in [0, 0.05) is 38.6 Å². The highest BCUT2D eigenvalue weighted by Crippen LogP contribution is 2.28. The van der Waals surface area contributed by atoms with Crippen molar-refractivity contribution in [2.75, 3.05) is 27.2 Å². The Bertz CT molecular complexity index is 1080. The number of hydrogen-bond donors (Lipinski definition) is 0. The number of methoxy groups -OCH3 is 1. The predicted molar refractivity (Wildman–Crippen MR) is 134 cm³/mol. The summed E-state index contributed by atoms with van der Waals surface area (Å²) < 4.78 is 5.41. The van der Waals surface area contributed by atoms with Crippen molar-refractivity contribution in [3.05, 3.63) is 82.3 Å². The molecular formula is C27H31N3O3S. The molecular weight excluding hydrogens is 446 g/mol. The lowest BCUT2D eigenvalue weighted by Gasteiger charge is -2.40. The molecule has 0 bridgehead atoms. The zero-order chi connectivity index (χ0) is 23.9. The van der Waals surface area contributed by atoms with E-state index in [2.05, 4.69) is 11.1 Å². The van der Waals surface area contributed by atoms with Crippen molar-refractivity contribution in [2.45, 2.75) is 31.7 Å². The number of thiophene rings is 1. The van der Waals surface area contributed by atoms with Gasteiger partial charge in [0.1, 0.15) is 5.75 Å². The molecule has 0 radical (unpaired) electrons. The van der Waals surface area contributed by atoms with Crippen molar-refractivity contribution < 1.29 is 14.3 Å². The molecule has 0 spiro atoms. The van der Waals surface area contributed by atoms with Gasteiger partial charge in [0.05, 0.1) is 19.1 Å². The standard InChI is InChI=1S/C27H31N3O3S/c1-29(27(32)23-6-4-11-28-18-23)25(16-20-5-3-7-24(15-20)33-2)22-8-12-30(13-9-22)26(31)17-21-10-14-34-19-21/h3-7,10-11,14-15,18-19,22,25H,8-9,12-13,16-17H2,1-2H3. The van der Waals surface area contributed by atoms with Crippen LogP contribution >= 0.6 is 11.3 Å². The molecule has 3 aromatic rings. The van der Waals surface area contributed by atoms with E-state index in [1.807, 2.05) is 51.9 Å². The summed E-state index contributed by atoms with van der Waals surface area (Å²) in [5, 5.41) is 4.04. The van der Waals surface area contributed by atoms with Crippen molar-refractivity contribution >= 4 is 23.2 Å². The van der Waals surface area contributed by atoms with Crippen LogP contribution in [0.2, 0.25) is 0 Å². The summed E-state index contributed by atoms with van der Waals surface area (Å²) in [6.07, 6.45) is 6.22. The van der Waals surface area contributed by atoms with Crippen LogP contribution in [-0.4, -0.2) is 59.9 Å². The van der Waals surface area contributed by atoms with E-state index in [0.717, 1.165) is 49.2 Å². The Morgan fingerprint density at radius 2 is 2.00 bits per heavy atom. The van der Waals surface area contributed by atoms with Gasteiger partial charge >= 0.3 is 0 Å². The van der Waals surface area contributed by atoms with Crippen molar-refractivity contribution in [1.29, 1.82) is 0 Å². The molecule has 4 rings (SSSR count). The lowest BCUT2D eigenvalue weighted by Crippen LogP contribution is -2.48. The molecule has 1 aliphatic rings. The minimum Gasteiger partial charge on any atom is -0.497 e. The largest absolute Gasteiger partial charge is 0.497 e. The van der Waals surface area contributed by atoms with Crippen molar-refractivity contribution in [1.82, 2.24) is 14.8 Å². The number of likely N-dealkylation sites (tertiary alicyclic amines) is 1. The van der Waals surface area contributed by atoms with E-state index in [9.17, 15) is 9.59 Å². The molecule has 1 saturated heterocycles. The fourth-order valence-corrected chi connectivity index (χ4v) is 5.39. The predicted octanol–water partition coefficient (Wildman–Crippen LogP) is 4.32. The molecule has 3 heterocycles. The van der Waals surface area contributed by atoms with Gasteiger partial charge in [0.25, 0.3) is 5.91 Å². The fraction of sp³-hybridized carbons (Fsp3) is 0.370. The van der Waals surface area contributed by atoms with Crippen LogP contribution in [0.5, 0.6) is 5.75 Å². The number of aromatic nitrogens is 1. The van der Waals surface area contributed by atoms with Gasteiger partial charge in [-0.05, 0) is 77.4 Å². The number of benzene rings is 1. The van der Waals surface area contributed by atoms with E-state index in [1.165, 1.54) is 0 Å². The summed E-state index contributed by atoms with van der Waals surface area (Å²) in [5.41, 5.74) is 2.80. The third-order valence-electron chi connectivity index (χ3n) is 6.68. The topological polar surface area (TPSA) is 62.7 Å². The number of carbonyl (C=O) groups is 2. The van der Waals surface area contributed by atoms with Gasteiger partial charge < -0.3 is 14.5 Å². The summed E-state index contributed by atoms with van der Waals surface area (Å²) in [6, 6.07) is 13.6. The van der Waals surface area contributed by atoms with Gasteiger partial charge in [-0.1, -0.05) is 12.1 Å². The van der Waals surface area contributed by atoms with Crippen molar-refractivity contribution in [2.24, 2.45) is 5.92 Å². The van der Waals surface area contributed by atoms with Gasteiger partial charge in [-0.2, -0.15) is 11.3 Å². The highest BCUT2D eigenvalue weighted by Gasteiger charge is 2.33. The molecule has 2 amide bonds. The van der Waals surface area contributed by atoms with E-state index in [0.29, 0.717) is 17.9 Å². The molecule has 1 aromatic carbocycles. The average Bonchev–Trinajstić information content (AvgIpc) is 3.40. The quantitative estimate of drug-likeness (QED) is 0.485. The van der Waals surface area contributed by atoms with Crippen LogP contribution in [0.1, 0.15) is 34.3 Å².